The van der Waals surface area contributed by atoms with Crippen LogP contribution in [0.15, 0.2) is 24.3 Å². The van der Waals surface area contributed by atoms with Crippen LogP contribution in [-0.2, 0) is 14.3 Å². The molecule has 1 saturated carbocycles. The summed E-state index contributed by atoms with van der Waals surface area (Å²) in [6, 6.07) is 6.33. The van der Waals surface area contributed by atoms with Gasteiger partial charge in [-0.05, 0) is 42.9 Å². The number of hydrogen-bond donors (Lipinski definition) is 0. The van der Waals surface area contributed by atoms with Gasteiger partial charge in [-0.3, -0.25) is 9.59 Å². The fourth-order valence-electron chi connectivity index (χ4n) is 3.39. The van der Waals surface area contributed by atoms with Crippen LogP contribution in [0.2, 0.25) is 0 Å². The fourth-order valence-corrected chi connectivity index (χ4v) is 3.39. The Hall–Kier alpha value is -1.91. The molecule has 1 aromatic rings. The van der Waals surface area contributed by atoms with Gasteiger partial charge in [-0.15, -0.1) is 0 Å². The molecule has 0 bridgehead atoms. The van der Waals surface area contributed by atoms with Crippen molar-refractivity contribution in [2.45, 2.75) is 44.4 Å². The molecule has 3 rings (SSSR count). The summed E-state index contributed by atoms with van der Waals surface area (Å²) in [6.45, 7) is 1.34. The molecule has 1 amide bonds. The summed E-state index contributed by atoms with van der Waals surface area (Å²) in [7, 11) is 0. The van der Waals surface area contributed by atoms with Crippen LogP contribution in [0, 0.1) is 11.7 Å². The second kappa shape index (κ2) is 7.77. The van der Waals surface area contributed by atoms with Crippen molar-refractivity contribution in [3.05, 3.63) is 35.6 Å². The molecule has 0 N–H and O–H groups in total. The molecule has 4 nitrogen and oxygen atoms in total. The Morgan fingerprint density at radius 2 is 1.83 bits per heavy atom. The number of halogens is 1. The lowest BCUT2D eigenvalue weighted by Crippen LogP contribution is -2.37. The van der Waals surface area contributed by atoms with Crippen molar-refractivity contribution in [2.24, 2.45) is 5.92 Å². The Kier molecular flexibility index (Phi) is 5.48. The molecule has 0 spiro atoms. The number of carbonyl (C=O) groups is 2. The molecular formula is C19H24FNO3. The minimum absolute atomic E-state index is 0.0185. The van der Waals surface area contributed by atoms with Crippen molar-refractivity contribution >= 4 is 11.9 Å². The molecule has 0 unspecified atom stereocenters. The minimum Gasteiger partial charge on any atom is -0.455 e. The first kappa shape index (κ1) is 16.9. The van der Waals surface area contributed by atoms with Crippen LogP contribution in [0.1, 0.15) is 50.0 Å². The van der Waals surface area contributed by atoms with Crippen molar-refractivity contribution in [3.63, 3.8) is 0 Å². The number of carbonyl (C=O) groups excluding carboxylic acids is 2. The normalized spacial score (nSPS) is 24.0. The summed E-state index contributed by atoms with van der Waals surface area (Å²) < 4.78 is 18.5. The molecule has 130 valence electrons. The lowest BCUT2D eigenvalue weighted by molar-refractivity contribution is -0.153. The molecule has 1 aliphatic carbocycles. The van der Waals surface area contributed by atoms with Gasteiger partial charge in [-0.1, -0.05) is 31.4 Å². The number of rotatable bonds is 4. The van der Waals surface area contributed by atoms with E-state index in [0.29, 0.717) is 6.42 Å². The van der Waals surface area contributed by atoms with Gasteiger partial charge in [-0.2, -0.15) is 0 Å². The number of benzene rings is 1. The summed E-state index contributed by atoms with van der Waals surface area (Å²) in [5.74, 6) is -0.964. The van der Waals surface area contributed by atoms with Crippen LogP contribution in [0.4, 0.5) is 4.39 Å². The van der Waals surface area contributed by atoms with E-state index in [4.69, 9.17) is 4.74 Å². The standard InChI is InChI=1S/C19H24FNO3/c20-15-8-6-7-14(11-15)16-12-17(16)19(23)24-13-18(22)21-9-4-2-1-3-5-10-21/h6-8,11,16-17H,1-5,9-10,12-13H2/t16-,17-/m0/s1. The molecular weight excluding hydrogens is 309 g/mol. The summed E-state index contributed by atoms with van der Waals surface area (Å²) in [5, 5.41) is 0. The van der Waals surface area contributed by atoms with Gasteiger partial charge in [0.2, 0.25) is 0 Å². The SMILES string of the molecule is O=C(OCC(=O)N1CCCCCCC1)[C@H]1C[C@H]1c1cccc(F)c1. The van der Waals surface area contributed by atoms with Gasteiger partial charge in [0.1, 0.15) is 5.82 Å². The van der Waals surface area contributed by atoms with Crippen molar-refractivity contribution in [3.8, 4) is 0 Å². The van der Waals surface area contributed by atoms with Crippen LogP contribution in [0.25, 0.3) is 0 Å². The number of likely N-dealkylation sites (tertiary alicyclic amines) is 1. The lowest BCUT2D eigenvalue weighted by atomic mass is 10.1. The van der Waals surface area contributed by atoms with Gasteiger partial charge in [0, 0.05) is 13.1 Å². The smallest absolute Gasteiger partial charge is 0.310 e. The van der Waals surface area contributed by atoms with Gasteiger partial charge in [0.25, 0.3) is 5.91 Å². The topological polar surface area (TPSA) is 46.6 Å². The molecule has 2 atom stereocenters. The number of esters is 1. The van der Waals surface area contributed by atoms with E-state index >= 15 is 0 Å². The molecule has 1 heterocycles. The highest BCUT2D eigenvalue weighted by molar-refractivity contribution is 5.83. The molecule has 2 fully saturated rings. The van der Waals surface area contributed by atoms with Gasteiger partial charge in [0.05, 0.1) is 5.92 Å². The third-order valence-electron chi connectivity index (χ3n) is 4.92. The Labute approximate surface area is 142 Å². The zero-order valence-corrected chi connectivity index (χ0v) is 13.9. The minimum atomic E-state index is -0.343. The maximum Gasteiger partial charge on any atom is 0.310 e. The van der Waals surface area contributed by atoms with Crippen LogP contribution >= 0.6 is 0 Å². The quantitative estimate of drug-likeness (QED) is 0.795. The summed E-state index contributed by atoms with van der Waals surface area (Å²) in [4.78, 5) is 26.1. The van der Waals surface area contributed by atoms with Crippen LogP contribution in [0.5, 0.6) is 0 Å². The Morgan fingerprint density at radius 1 is 1.12 bits per heavy atom. The average molecular weight is 333 g/mol. The lowest BCUT2D eigenvalue weighted by Gasteiger charge is -2.24. The number of ether oxygens (including phenoxy) is 1. The Bertz CT molecular complexity index is 596. The van der Waals surface area contributed by atoms with Crippen molar-refractivity contribution in [1.29, 1.82) is 0 Å². The highest BCUT2D eigenvalue weighted by Crippen LogP contribution is 2.48. The van der Waals surface area contributed by atoms with Gasteiger partial charge in [-0.25, -0.2) is 4.39 Å². The third-order valence-corrected chi connectivity index (χ3v) is 4.92. The van der Waals surface area contributed by atoms with Gasteiger partial charge >= 0.3 is 5.97 Å². The first-order valence-electron chi connectivity index (χ1n) is 8.85. The molecule has 24 heavy (non-hydrogen) atoms. The highest BCUT2D eigenvalue weighted by Gasteiger charge is 2.45. The van der Waals surface area contributed by atoms with Crippen LogP contribution < -0.4 is 0 Å². The van der Waals surface area contributed by atoms with E-state index in [1.54, 1.807) is 6.07 Å². The van der Waals surface area contributed by atoms with E-state index < -0.39 is 0 Å². The number of amides is 1. The Morgan fingerprint density at radius 3 is 2.54 bits per heavy atom. The maximum atomic E-state index is 13.2. The molecule has 1 aliphatic heterocycles. The second-order valence-corrected chi connectivity index (χ2v) is 6.76. The molecule has 2 aliphatic rings. The summed E-state index contributed by atoms with van der Waals surface area (Å²) in [6.07, 6.45) is 6.25. The van der Waals surface area contributed by atoms with E-state index in [2.05, 4.69) is 0 Å². The predicted octanol–water partition coefficient (Wildman–Crippen LogP) is 3.27. The number of hydrogen-bond acceptors (Lipinski definition) is 3. The Balaban J connectivity index is 1.45. The van der Waals surface area contributed by atoms with E-state index in [1.807, 2.05) is 11.0 Å². The van der Waals surface area contributed by atoms with Gasteiger partial charge < -0.3 is 9.64 Å². The van der Waals surface area contributed by atoms with E-state index in [1.165, 1.54) is 18.6 Å². The van der Waals surface area contributed by atoms with Gasteiger partial charge in [0.15, 0.2) is 6.61 Å². The summed E-state index contributed by atoms with van der Waals surface area (Å²) >= 11 is 0. The van der Waals surface area contributed by atoms with Crippen LogP contribution in [0.3, 0.4) is 0 Å². The molecule has 5 heteroatoms. The van der Waals surface area contributed by atoms with E-state index in [9.17, 15) is 14.0 Å². The van der Waals surface area contributed by atoms with Crippen molar-refractivity contribution in [1.82, 2.24) is 4.90 Å². The maximum absolute atomic E-state index is 13.2. The predicted molar refractivity (Wildman–Crippen MR) is 87.9 cm³/mol. The first-order chi connectivity index (χ1) is 11.6. The largest absolute Gasteiger partial charge is 0.455 e. The van der Waals surface area contributed by atoms with Crippen molar-refractivity contribution < 1.29 is 18.7 Å². The fraction of sp³-hybridized carbons (Fsp3) is 0.579. The zero-order chi connectivity index (χ0) is 16.9. The van der Waals surface area contributed by atoms with E-state index in [0.717, 1.165) is 44.3 Å². The zero-order valence-electron chi connectivity index (χ0n) is 13.9. The molecule has 1 aromatic carbocycles. The molecule has 1 saturated heterocycles. The average Bonchev–Trinajstić information content (AvgIpc) is 3.33. The molecule has 0 radical (unpaired) electrons. The monoisotopic (exact) mass is 333 g/mol. The first-order valence-corrected chi connectivity index (χ1v) is 8.85. The second-order valence-electron chi connectivity index (χ2n) is 6.76. The number of nitrogens with zero attached hydrogens (tertiary/aromatic N) is 1. The molecule has 0 aromatic heterocycles. The van der Waals surface area contributed by atoms with Crippen LogP contribution in [-0.4, -0.2) is 36.5 Å². The third kappa shape index (κ3) is 4.34. The van der Waals surface area contributed by atoms with E-state index in [-0.39, 0.29) is 36.1 Å². The van der Waals surface area contributed by atoms with Crippen molar-refractivity contribution in [2.75, 3.05) is 19.7 Å². The highest BCUT2D eigenvalue weighted by atomic mass is 19.1. The summed E-state index contributed by atoms with van der Waals surface area (Å²) in [5.41, 5.74) is 0.826.